The molecule has 0 spiro atoms. The number of rotatable bonds is 6. The summed E-state index contributed by atoms with van der Waals surface area (Å²) in [5.74, 6) is 0.531. The molecule has 1 atom stereocenters. The van der Waals surface area contributed by atoms with E-state index in [2.05, 4.69) is 6.58 Å². The van der Waals surface area contributed by atoms with Gasteiger partial charge in [-0.3, -0.25) is 4.79 Å². The molecule has 0 aliphatic carbocycles. The summed E-state index contributed by atoms with van der Waals surface area (Å²) in [5.41, 5.74) is 0. The summed E-state index contributed by atoms with van der Waals surface area (Å²) in [5, 5.41) is -0.372. The van der Waals surface area contributed by atoms with E-state index >= 15 is 0 Å². The number of ether oxygens (including phenoxy) is 2. The molecule has 3 nitrogen and oxygen atoms in total. The number of methoxy groups -OCH3 is 1. The van der Waals surface area contributed by atoms with E-state index in [4.69, 9.17) is 9.47 Å². The zero-order valence-corrected chi connectivity index (χ0v) is 10.8. The molecule has 0 amide bonds. The Bertz CT molecular complexity index is 373. The van der Waals surface area contributed by atoms with Gasteiger partial charge >= 0.3 is 5.97 Å². The van der Waals surface area contributed by atoms with E-state index in [-0.39, 0.29) is 11.2 Å². The van der Waals surface area contributed by atoms with E-state index < -0.39 is 0 Å². The van der Waals surface area contributed by atoms with Gasteiger partial charge in [0.25, 0.3) is 0 Å². The molecule has 1 aromatic rings. The van der Waals surface area contributed by atoms with Crippen LogP contribution in [0.5, 0.6) is 5.75 Å². The van der Waals surface area contributed by atoms with Gasteiger partial charge in [-0.25, -0.2) is 0 Å². The van der Waals surface area contributed by atoms with Crippen LogP contribution in [0.25, 0.3) is 0 Å². The molecule has 0 saturated carbocycles. The SMILES string of the molecule is C=CC(Sc1ccc(OC)cc1)C(=O)OCC. The Labute approximate surface area is 106 Å². The molecule has 0 fully saturated rings. The molecule has 17 heavy (non-hydrogen) atoms. The molecular formula is C13H16O3S. The van der Waals surface area contributed by atoms with Crippen molar-refractivity contribution in [3.05, 3.63) is 36.9 Å². The van der Waals surface area contributed by atoms with Crippen LogP contribution in [0.15, 0.2) is 41.8 Å². The molecule has 0 N–H and O–H groups in total. The number of esters is 1. The summed E-state index contributed by atoms with van der Waals surface area (Å²) >= 11 is 1.41. The standard InChI is InChI=1S/C13H16O3S/c1-4-12(13(14)16-5-2)17-11-8-6-10(15-3)7-9-11/h4,6-9,12H,1,5H2,2-3H3. The van der Waals surface area contributed by atoms with Gasteiger partial charge in [-0.1, -0.05) is 6.08 Å². The number of hydrogen-bond donors (Lipinski definition) is 0. The Balaban J connectivity index is 2.66. The Hall–Kier alpha value is -1.42. The zero-order valence-electron chi connectivity index (χ0n) is 10.0. The molecule has 0 radical (unpaired) electrons. The molecule has 0 saturated heterocycles. The van der Waals surface area contributed by atoms with Gasteiger partial charge in [-0.05, 0) is 31.2 Å². The zero-order chi connectivity index (χ0) is 12.7. The summed E-state index contributed by atoms with van der Waals surface area (Å²) in [7, 11) is 1.62. The monoisotopic (exact) mass is 252 g/mol. The lowest BCUT2D eigenvalue weighted by Gasteiger charge is -2.11. The summed E-state index contributed by atoms with van der Waals surface area (Å²) in [6.07, 6.45) is 1.59. The van der Waals surface area contributed by atoms with Gasteiger partial charge < -0.3 is 9.47 Å². The minimum Gasteiger partial charge on any atom is -0.497 e. The van der Waals surface area contributed by atoms with E-state index in [0.717, 1.165) is 10.6 Å². The highest BCUT2D eigenvalue weighted by Crippen LogP contribution is 2.26. The highest BCUT2D eigenvalue weighted by atomic mass is 32.2. The van der Waals surface area contributed by atoms with Gasteiger partial charge in [0.05, 0.1) is 13.7 Å². The van der Waals surface area contributed by atoms with Crippen LogP contribution in [0.3, 0.4) is 0 Å². The second-order valence-electron chi connectivity index (χ2n) is 3.20. The maximum atomic E-state index is 11.6. The Kier molecular flexibility index (Phi) is 5.63. The van der Waals surface area contributed by atoms with E-state index in [1.807, 2.05) is 24.3 Å². The van der Waals surface area contributed by atoms with Crippen LogP contribution < -0.4 is 4.74 Å². The van der Waals surface area contributed by atoms with Crippen molar-refractivity contribution < 1.29 is 14.3 Å². The van der Waals surface area contributed by atoms with Crippen molar-refractivity contribution in [2.45, 2.75) is 17.1 Å². The number of thioether (sulfide) groups is 1. The minimum absolute atomic E-state index is 0.261. The van der Waals surface area contributed by atoms with Gasteiger partial charge in [0.1, 0.15) is 11.0 Å². The van der Waals surface area contributed by atoms with Crippen molar-refractivity contribution in [1.29, 1.82) is 0 Å². The van der Waals surface area contributed by atoms with Crippen LogP contribution in [-0.4, -0.2) is 24.9 Å². The lowest BCUT2D eigenvalue weighted by atomic mass is 10.3. The molecule has 0 heterocycles. The fourth-order valence-corrected chi connectivity index (χ4v) is 2.06. The lowest BCUT2D eigenvalue weighted by molar-refractivity contribution is -0.141. The topological polar surface area (TPSA) is 35.5 Å². The van der Waals surface area contributed by atoms with E-state index in [1.165, 1.54) is 11.8 Å². The lowest BCUT2D eigenvalue weighted by Crippen LogP contribution is -2.17. The first-order valence-electron chi connectivity index (χ1n) is 5.31. The number of benzene rings is 1. The maximum Gasteiger partial charge on any atom is 0.323 e. The molecule has 0 aliphatic rings. The quantitative estimate of drug-likeness (QED) is 0.443. The second kappa shape index (κ2) is 7.01. The molecule has 1 aromatic carbocycles. The average Bonchev–Trinajstić information content (AvgIpc) is 2.37. The molecule has 1 rings (SSSR count). The van der Waals surface area contributed by atoms with Crippen LogP contribution in [0.1, 0.15) is 6.92 Å². The van der Waals surface area contributed by atoms with Gasteiger partial charge in [0.2, 0.25) is 0 Å². The van der Waals surface area contributed by atoms with Crippen LogP contribution in [0.4, 0.5) is 0 Å². The fraction of sp³-hybridized carbons (Fsp3) is 0.308. The van der Waals surface area contributed by atoms with Crippen LogP contribution in [0, 0.1) is 0 Å². The minimum atomic E-state index is -0.372. The second-order valence-corrected chi connectivity index (χ2v) is 4.42. The van der Waals surface area contributed by atoms with Crippen LogP contribution in [0.2, 0.25) is 0 Å². The Morgan fingerprint density at radius 3 is 2.59 bits per heavy atom. The maximum absolute atomic E-state index is 11.6. The average molecular weight is 252 g/mol. The molecule has 92 valence electrons. The molecule has 1 unspecified atom stereocenters. The normalized spacial score (nSPS) is 11.6. The summed E-state index contributed by atoms with van der Waals surface area (Å²) < 4.78 is 10.0. The van der Waals surface area contributed by atoms with Crippen molar-refractivity contribution in [2.24, 2.45) is 0 Å². The summed E-state index contributed by atoms with van der Waals surface area (Å²) in [6, 6.07) is 7.51. The van der Waals surface area contributed by atoms with Gasteiger partial charge in [0, 0.05) is 4.90 Å². The molecular weight excluding hydrogens is 236 g/mol. The van der Waals surface area contributed by atoms with Crippen molar-refractivity contribution >= 4 is 17.7 Å². The van der Waals surface area contributed by atoms with Crippen molar-refractivity contribution in [3.8, 4) is 5.75 Å². The highest BCUT2D eigenvalue weighted by Gasteiger charge is 2.17. The third kappa shape index (κ3) is 4.15. The van der Waals surface area contributed by atoms with E-state index in [1.54, 1.807) is 20.1 Å². The molecule has 4 heteroatoms. The summed E-state index contributed by atoms with van der Waals surface area (Å²) in [4.78, 5) is 12.5. The summed E-state index contributed by atoms with van der Waals surface area (Å²) in [6.45, 7) is 5.82. The predicted molar refractivity (Wildman–Crippen MR) is 69.5 cm³/mol. The van der Waals surface area contributed by atoms with Gasteiger partial charge in [-0.15, -0.1) is 18.3 Å². The Morgan fingerprint density at radius 2 is 2.12 bits per heavy atom. The smallest absolute Gasteiger partial charge is 0.323 e. The number of carbonyl (C=O) groups is 1. The third-order valence-electron chi connectivity index (χ3n) is 2.06. The van der Waals surface area contributed by atoms with Crippen molar-refractivity contribution in [3.63, 3.8) is 0 Å². The molecule has 0 bridgehead atoms. The first-order valence-corrected chi connectivity index (χ1v) is 6.19. The van der Waals surface area contributed by atoms with Crippen molar-refractivity contribution in [1.82, 2.24) is 0 Å². The highest BCUT2D eigenvalue weighted by molar-refractivity contribution is 8.00. The Morgan fingerprint density at radius 1 is 1.47 bits per heavy atom. The van der Waals surface area contributed by atoms with Crippen LogP contribution in [-0.2, 0) is 9.53 Å². The van der Waals surface area contributed by atoms with E-state index in [9.17, 15) is 4.79 Å². The van der Waals surface area contributed by atoms with Crippen molar-refractivity contribution in [2.75, 3.05) is 13.7 Å². The van der Waals surface area contributed by atoms with E-state index in [0.29, 0.717) is 6.61 Å². The number of carbonyl (C=O) groups excluding carboxylic acids is 1. The first kappa shape index (κ1) is 13.6. The number of hydrogen-bond acceptors (Lipinski definition) is 4. The van der Waals surface area contributed by atoms with Gasteiger partial charge in [0.15, 0.2) is 0 Å². The predicted octanol–water partition coefficient (Wildman–Crippen LogP) is 2.91. The molecule has 0 aliphatic heterocycles. The fourth-order valence-electron chi connectivity index (χ4n) is 1.22. The van der Waals surface area contributed by atoms with Gasteiger partial charge in [-0.2, -0.15) is 0 Å². The largest absolute Gasteiger partial charge is 0.497 e. The van der Waals surface area contributed by atoms with Crippen LogP contribution >= 0.6 is 11.8 Å². The third-order valence-corrected chi connectivity index (χ3v) is 3.24. The molecule has 0 aromatic heterocycles. The first-order chi connectivity index (χ1) is 8.21.